The third kappa shape index (κ3) is 2.56. The lowest BCUT2D eigenvalue weighted by molar-refractivity contribution is -0.142. The molecule has 0 saturated carbocycles. The Bertz CT molecular complexity index is 632. The normalized spacial score (nSPS) is 12.3. The molecule has 0 radical (unpaired) electrons. The lowest BCUT2D eigenvalue weighted by Gasteiger charge is -2.15. The number of para-hydroxylation sites is 1. The summed E-state index contributed by atoms with van der Waals surface area (Å²) in [5, 5.41) is 0.776. The topological polar surface area (TPSA) is 56.5 Å². The number of ether oxygens (including phenoxy) is 1. The Labute approximate surface area is 108 Å². The summed E-state index contributed by atoms with van der Waals surface area (Å²) in [4.78, 5) is 22.6. The van der Waals surface area contributed by atoms with Gasteiger partial charge < -0.3 is 9.15 Å². The zero-order valence-corrected chi connectivity index (χ0v) is 10.8. The van der Waals surface area contributed by atoms with Gasteiger partial charge in [-0.1, -0.05) is 18.2 Å². The number of carbonyl (C=O) groups excluding carboxylic acids is 1. The van der Waals surface area contributed by atoms with Crippen LogP contribution in [0.5, 0.6) is 0 Å². The van der Waals surface area contributed by atoms with Gasteiger partial charge in [0.15, 0.2) is 5.44 Å². The number of carbonyl (C=O) groups is 1. The van der Waals surface area contributed by atoms with Crippen molar-refractivity contribution in [1.82, 2.24) is 0 Å². The van der Waals surface area contributed by atoms with Crippen molar-refractivity contribution in [1.29, 1.82) is 0 Å². The molecule has 5 heteroatoms. The first-order chi connectivity index (χ1) is 8.61. The Balaban J connectivity index is 2.61. The summed E-state index contributed by atoms with van der Waals surface area (Å²) in [5.74, 6) is -0.383. The molecule has 0 amide bonds. The second-order valence-electron chi connectivity index (χ2n) is 3.69. The van der Waals surface area contributed by atoms with Gasteiger partial charge in [-0.05, 0) is 12.3 Å². The van der Waals surface area contributed by atoms with Crippen LogP contribution in [0.15, 0.2) is 39.5 Å². The van der Waals surface area contributed by atoms with Crippen molar-refractivity contribution in [3.8, 4) is 0 Å². The summed E-state index contributed by atoms with van der Waals surface area (Å²) in [6.07, 6.45) is 1.82. The minimum absolute atomic E-state index is 0.383. The molecule has 94 valence electrons. The van der Waals surface area contributed by atoms with Crippen LogP contribution in [-0.2, 0) is 9.53 Å². The zero-order chi connectivity index (χ0) is 13.1. The maximum atomic E-state index is 11.5. The average molecular weight is 264 g/mol. The van der Waals surface area contributed by atoms with Crippen molar-refractivity contribution >= 4 is 28.7 Å². The lowest BCUT2D eigenvalue weighted by Crippen LogP contribution is -2.09. The van der Waals surface area contributed by atoms with E-state index in [1.807, 2.05) is 18.4 Å². The van der Waals surface area contributed by atoms with E-state index >= 15 is 0 Å². The number of hydrogen-bond donors (Lipinski definition) is 0. The van der Waals surface area contributed by atoms with E-state index in [1.54, 1.807) is 12.1 Å². The number of benzene rings is 1. The summed E-state index contributed by atoms with van der Waals surface area (Å²) in [6, 6.07) is 8.55. The molecule has 0 N–H and O–H groups in total. The molecule has 1 atom stereocenters. The summed E-state index contributed by atoms with van der Waals surface area (Å²) in [5.41, 5.74) is 0.196. The number of hydrogen-bond acceptors (Lipinski definition) is 5. The standard InChI is InChI=1S/C13H12O4S/c1-8(14)16-13(18-2)10-7-12(15)17-11-6-4-3-5-9(10)11/h3-7,13H,1-2H3. The van der Waals surface area contributed by atoms with Gasteiger partial charge in [0.1, 0.15) is 5.58 Å². The van der Waals surface area contributed by atoms with Gasteiger partial charge in [0, 0.05) is 23.9 Å². The van der Waals surface area contributed by atoms with Gasteiger partial charge >= 0.3 is 11.6 Å². The molecular weight excluding hydrogens is 252 g/mol. The van der Waals surface area contributed by atoms with Crippen LogP contribution in [0.4, 0.5) is 0 Å². The monoisotopic (exact) mass is 264 g/mol. The Morgan fingerprint density at radius 1 is 1.39 bits per heavy atom. The quantitative estimate of drug-likeness (QED) is 0.484. The fourth-order valence-electron chi connectivity index (χ4n) is 1.72. The minimum Gasteiger partial charge on any atom is -0.446 e. The molecule has 2 rings (SSSR count). The molecule has 0 saturated heterocycles. The molecule has 0 spiro atoms. The molecule has 1 aromatic carbocycles. The van der Waals surface area contributed by atoms with Crippen molar-refractivity contribution in [3.63, 3.8) is 0 Å². The number of thioether (sulfide) groups is 1. The summed E-state index contributed by atoms with van der Waals surface area (Å²) < 4.78 is 10.3. The Kier molecular flexibility index (Phi) is 3.72. The predicted molar refractivity (Wildman–Crippen MR) is 70.5 cm³/mol. The molecular formula is C13H12O4S. The Morgan fingerprint density at radius 2 is 2.11 bits per heavy atom. The van der Waals surface area contributed by atoms with Gasteiger partial charge in [-0.25, -0.2) is 4.79 Å². The van der Waals surface area contributed by atoms with Crippen LogP contribution in [0.1, 0.15) is 17.9 Å². The molecule has 0 aliphatic heterocycles. The molecule has 1 unspecified atom stereocenters. The summed E-state index contributed by atoms with van der Waals surface area (Å²) in [6.45, 7) is 1.34. The third-order valence-electron chi connectivity index (χ3n) is 2.42. The first-order valence-electron chi connectivity index (χ1n) is 5.34. The van der Waals surface area contributed by atoms with Gasteiger partial charge in [-0.15, -0.1) is 11.8 Å². The second-order valence-corrected chi connectivity index (χ2v) is 4.59. The fraction of sp³-hybridized carbons (Fsp3) is 0.231. The predicted octanol–water partition coefficient (Wildman–Crippen LogP) is 2.72. The van der Waals surface area contributed by atoms with Crippen molar-refractivity contribution in [2.45, 2.75) is 12.4 Å². The minimum atomic E-state index is -0.503. The largest absolute Gasteiger partial charge is 0.446 e. The highest BCUT2D eigenvalue weighted by atomic mass is 32.2. The third-order valence-corrected chi connectivity index (χ3v) is 3.20. The van der Waals surface area contributed by atoms with E-state index < -0.39 is 11.1 Å². The summed E-state index contributed by atoms with van der Waals surface area (Å²) >= 11 is 1.35. The van der Waals surface area contributed by atoms with Crippen molar-refractivity contribution in [2.24, 2.45) is 0 Å². The molecule has 1 heterocycles. The first kappa shape index (κ1) is 12.7. The molecule has 2 aromatic rings. The van der Waals surface area contributed by atoms with E-state index in [1.165, 1.54) is 24.8 Å². The van der Waals surface area contributed by atoms with Gasteiger partial charge in [-0.3, -0.25) is 4.79 Å². The smallest absolute Gasteiger partial charge is 0.336 e. The van der Waals surface area contributed by atoms with Crippen LogP contribution in [0.2, 0.25) is 0 Å². The maximum Gasteiger partial charge on any atom is 0.336 e. The lowest BCUT2D eigenvalue weighted by atomic mass is 10.1. The van der Waals surface area contributed by atoms with Gasteiger partial charge in [0.25, 0.3) is 0 Å². The van der Waals surface area contributed by atoms with Crippen LogP contribution in [0.3, 0.4) is 0 Å². The fourth-order valence-corrected chi connectivity index (χ4v) is 2.40. The molecule has 0 bridgehead atoms. The van der Waals surface area contributed by atoms with E-state index in [0.717, 1.165) is 5.39 Å². The van der Waals surface area contributed by atoms with E-state index in [4.69, 9.17) is 9.15 Å². The number of rotatable bonds is 3. The SMILES string of the molecule is CSC(OC(C)=O)c1cc(=O)oc2ccccc12. The highest BCUT2D eigenvalue weighted by Crippen LogP contribution is 2.32. The van der Waals surface area contributed by atoms with E-state index in [-0.39, 0.29) is 5.97 Å². The molecule has 1 aromatic heterocycles. The van der Waals surface area contributed by atoms with Crippen molar-refractivity contribution in [2.75, 3.05) is 6.26 Å². The Hall–Kier alpha value is -1.75. The van der Waals surface area contributed by atoms with E-state index in [2.05, 4.69) is 0 Å². The Morgan fingerprint density at radius 3 is 2.78 bits per heavy atom. The highest BCUT2D eigenvalue weighted by Gasteiger charge is 2.17. The van der Waals surface area contributed by atoms with Gasteiger partial charge in [0.05, 0.1) is 0 Å². The van der Waals surface area contributed by atoms with Crippen molar-refractivity contribution < 1.29 is 13.9 Å². The van der Waals surface area contributed by atoms with Crippen molar-refractivity contribution in [3.05, 3.63) is 46.3 Å². The molecule has 0 aliphatic rings. The van der Waals surface area contributed by atoms with Crippen LogP contribution in [0, 0.1) is 0 Å². The number of fused-ring (bicyclic) bond motifs is 1. The van der Waals surface area contributed by atoms with Gasteiger partial charge in [0.2, 0.25) is 0 Å². The highest BCUT2D eigenvalue weighted by molar-refractivity contribution is 7.98. The van der Waals surface area contributed by atoms with Crippen LogP contribution >= 0.6 is 11.8 Å². The molecule has 18 heavy (non-hydrogen) atoms. The maximum absolute atomic E-state index is 11.5. The van der Waals surface area contributed by atoms with Gasteiger partial charge in [-0.2, -0.15) is 0 Å². The number of esters is 1. The van der Waals surface area contributed by atoms with Crippen LogP contribution in [-0.4, -0.2) is 12.2 Å². The van der Waals surface area contributed by atoms with Crippen LogP contribution < -0.4 is 5.63 Å². The second kappa shape index (κ2) is 5.27. The first-order valence-corrected chi connectivity index (χ1v) is 6.63. The molecule has 4 nitrogen and oxygen atoms in total. The average Bonchev–Trinajstić information content (AvgIpc) is 2.34. The van der Waals surface area contributed by atoms with Crippen LogP contribution in [0.25, 0.3) is 11.0 Å². The molecule has 0 aliphatic carbocycles. The molecule has 0 fully saturated rings. The van der Waals surface area contributed by atoms with E-state index in [9.17, 15) is 9.59 Å². The van der Waals surface area contributed by atoms with E-state index in [0.29, 0.717) is 11.1 Å². The zero-order valence-electron chi connectivity index (χ0n) is 10.0. The summed E-state index contributed by atoms with van der Waals surface area (Å²) in [7, 11) is 0.